The van der Waals surface area contributed by atoms with Crippen LogP contribution in [0.15, 0.2) is 41.3 Å². The summed E-state index contributed by atoms with van der Waals surface area (Å²) in [6, 6.07) is 9.51. The molecule has 2 aromatic carbocycles. The van der Waals surface area contributed by atoms with Gasteiger partial charge in [0.2, 0.25) is 10.0 Å². The predicted molar refractivity (Wildman–Crippen MR) is 112 cm³/mol. The number of halogens is 1. The molecule has 0 fully saturated rings. The number of fused-ring (bicyclic) bond motifs is 2. The summed E-state index contributed by atoms with van der Waals surface area (Å²) in [6.07, 6.45) is 0.426. The van der Waals surface area contributed by atoms with E-state index in [1.807, 2.05) is 24.9 Å². The van der Waals surface area contributed by atoms with Gasteiger partial charge in [-0.1, -0.05) is 6.07 Å². The van der Waals surface area contributed by atoms with E-state index in [0.717, 1.165) is 16.8 Å². The summed E-state index contributed by atoms with van der Waals surface area (Å²) in [6.45, 7) is 1.85. The Balaban J connectivity index is 1.82. The van der Waals surface area contributed by atoms with Crippen LogP contribution in [0.1, 0.15) is 16.8 Å². The van der Waals surface area contributed by atoms with Crippen molar-refractivity contribution in [3.63, 3.8) is 0 Å². The lowest BCUT2D eigenvalue weighted by Gasteiger charge is -2.33. The first-order chi connectivity index (χ1) is 14.1. The molecule has 7 nitrogen and oxygen atoms in total. The van der Waals surface area contributed by atoms with E-state index in [9.17, 15) is 22.7 Å². The number of sulfonamides is 1. The molecule has 0 bridgehead atoms. The van der Waals surface area contributed by atoms with Crippen molar-refractivity contribution < 1.29 is 22.7 Å². The first-order valence-corrected chi connectivity index (χ1v) is 10.8. The van der Waals surface area contributed by atoms with Gasteiger partial charge in [-0.15, -0.1) is 0 Å². The number of benzene rings is 2. The molecule has 1 N–H and O–H groups in total. The summed E-state index contributed by atoms with van der Waals surface area (Å²) < 4.78 is 42.1. The molecule has 30 heavy (non-hydrogen) atoms. The topological polar surface area (TPSA) is 82.9 Å². The van der Waals surface area contributed by atoms with Gasteiger partial charge in [0.05, 0.1) is 12.4 Å². The second-order valence-corrected chi connectivity index (χ2v) is 9.64. The zero-order chi connectivity index (χ0) is 21.8. The van der Waals surface area contributed by atoms with E-state index in [-0.39, 0.29) is 18.1 Å². The highest BCUT2D eigenvalue weighted by atomic mass is 32.2. The summed E-state index contributed by atoms with van der Waals surface area (Å²) in [4.78, 5) is 13.4. The van der Waals surface area contributed by atoms with Crippen LogP contribution in [0.5, 0.6) is 0 Å². The Morgan fingerprint density at radius 3 is 2.60 bits per heavy atom. The van der Waals surface area contributed by atoms with Crippen molar-refractivity contribution in [2.24, 2.45) is 0 Å². The van der Waals surface area contributed by atoms with Crippen LogP contribution in [-0.2, 0) is 27.8 Å². The lowest BCUT2D eigenvalue weighted by molar-refractivity contribution is -0.137. The molecule has 0 unspecified atom stereocenters. The molecular weight excluding hydrogens is 409 g/mol. The number of hydrogen-bond acceptors (Lipinski definition) is 4. The summed E-state index contributed by atoms with van der Waals surface area (Å²) in [5.41, 5.74) is 3.71. The smallest absolute Gasteiger partial charge is 0.323 e. The number of carboxylic acid groups (broad SMARTS) is 1. The number of aromatic nitrogens is 1. The summed E-state index contributed by atoms with van der Waals surface area (Å²) in [7, 11) is -0.162. The second kappa shape index (κ2) is 7.10. The predicted octanol–water partition coefficient (Wildman–Crippen LogP) is 2.79. The van der Waals surface area contributed by atoms with Crippen LogP contribution in [-0.4, -0.2) is 49.1 Å². The van der Waals surface area contributed by atoms with Crippen LogP contribution in [0.2, 0.25) is 0 Å². The number of aliphatic carboxylic acids is 1. The molecule has 1 aliphatic heterocycles. The molecule has 3 aromatic rings. The Morgan fingerprint density at radius 1 is 1.17 bits per heavy atom. The summed E-state index contributed by atoms with van der Waals surface area (Å²) in [5.74, 6) is -1.37. The molecule has 1 aromatic heterocycles. The number of nitrogens with zero attached hydrogens (tertiary/aromatic N) is 3. The molecule has 0 aliphatic carbocycles. The molecule has 2 heterocycles. The third-order valence-corrected chi connectivity index (χ3v) is 7.46. The highest BCUT2D eigenvalue weighted by Gasteiger charge is 2.31. The van der Waals surface area contributed by atoms with Crippen LogP contribution in [0, 0.1) is 12.7 Å². The Morgan fingerprint density at radius 2 is 1.90 bits per heavy atom. The molecular formula is C21H22FN3O4S. The van der Waals surface area contributed by atoms with E-state index in [1.165, 1.54) is 23.5 Å². The Kier molecular flexibility index (Phi) is 4.82. The van der Waals surface area contributed by atoms with Crippen molar-refractivity contribution in [2.75, 3.05) is 25.7 Å². The summed E-state index contributed by atoms with van der Waals surface area (Å²) in [5, 5.41) is 9.93. The van der Waals surface area contributed by atoms with Gasteiger partial charge in [-0.2, -0.15) is 4.31 Å². The maximum atomic E-state index is 14.0. The van der Waals surface area contributed by atoms with Gasteiger partial charge in [0.25, 0.3) is 0 Å². The van der Waals surface area contributed by atoms with Gasteiger partial charge in [-0.05, 0) is 54.8 Å². The minimum atomic E-state index is -3.53. The molecule has 0 saturated heterocycles. The minimum Gasteiger partial charge on any atom is -0.480 e. The average molecular weight is 431 g/mol. The van der Waals surface area contributed by atoms with Crippen LogP contribution in [0.25, 0.3) is 10.9 Å². The number of carbonyl (C=O) groups is 1. The van der Waals surface area contributed by atoms with Crippen molar-refractivity contribution in [2.45, 2.75) is 24.8 Å². The second-order valence-electron chi connectivity index (χ2n) is 7.63. The van der Waals surface area contributed by atoms with Crippen molar-refractivity contribution in [1.29, 1.82) is 0 Å². The minimum absolute atomic E-state index is 0.217. The van der Waals surface area contributed by atoms with Crippen molar-refractivity contribution in [3.8, 4) is 0 Å². The van der Waals surface area contributed by atoms with Gasteiger partial charge in [-0.25, -0.2) is 12.8 Å². The van der Waals surface area contributed by atoms with Gasteiger partial charge in [-0.3, -0.25) is 4.79 Å². The molecule has 158 valence electrons. The van der Waals surface area contributed by atoms with Crippen molar-refractivity contribution in [3.05, 3.63) is 59.0 Å². The fraction of sp³-hybridized carbons (Fsp3) is 0.286. The first kappa shape index (κ1) is 20.4. The van der Waals surface area contributed by atoms with Gasteiger partial charge in [0.15, 0.2) is 0 Å². The number of rotatable bonds is 4. The van der Waals surface area contributed by atoms with Crippen LogP contribution < -0.4 is 4.90 Å². The standard InChI is InChI=1S/C21H22FN3O4S/c1-13-16(17-10-15(22)5-6-18(17)25(13)11-21(26)27)8-14-4-7-20-19(9-14)23(2)12-24(3)30(20,28)29/h4-7,9-10H,8,11-12H2,1-3H3,(H,26,27). The average Bonchev–Trinajstić information content (AvgIpc) is 2.91. The van der Waals surface area contributed by atoms with Gasteiger partial charge in [0.1, 0.15) is 17.3 Å². The maximum absolute atomic E-state index is 14.0. The molecule has 0 saturated carbocycles. The van der Waals surface area contributed by atoms with E-state index < -0.39 is 21.8 Å². The van der Waals surface area contributed by atoms with Gasteiger partial charge >= 0.3 is 5.97 Å². The Labute approximate surface area is 174 Å². The molecule has 0 radical (unpaired) electrons. The first-order valence-electron chi connectivity index (χ1n) is 9.39. The third kappa shape index (κ3) is 3.23. The van der Waals surface area contributed by atoms with E-state index in [4.69, 9.17) is 0 Å². The lowest BCUT2D eigenvalue weighted by atomic mass is 10.0. The lowest BCUT2D eigenvalue weighted by Crippen LogP contribution is -2.42. The van der Waals surface area contributed by atoms with E-state index in [2.05, 4.69) is 0 Å². The van der Waals surface area contributed by atoms with Crippen molar-refractivity contribution >= 4 is 32.6 Å². The Hall–Kier alpha value is -2.91. The largest absolute Gasteiger partial charge is 0.480 e. The quantitative estimate of drug-likeness (QED) is 0.687. The van der Waals surface area contributed by atoms with Crippen molar-refractivity contribution in [1.82, 2.24) is 8.87 Å². The number of anilines is 1. The zero-order valence-corrected chi connectivity index (χ0v) is 17.7. The van der Waals surface area contributed by atoms with E-state index in [1.54, 1.807) is 22.8 Å². The third-order valence-electron chi connectivity index (χ3n) is 5.62. The molecule has 1 aliphatic rings. The maximum Gasteiger partial charge on any atom is 0.323 e. The molecule has 4 rings (SSSR count). The van der Waals surface area contributed by atoms with E-state index >= 15 is 0 Å². The zero-order valence-electron chi connectivity index (χ0n) is 16.9. The van der Waals surface area contributed by atoms with Crippen LogP contribution >= 0.6 is 0 Å². The molecule has 0 spiro atoms. The Bertz CT molecular complexity index is 1280. The normalized spacial score (nSPS) is 16.1. The molecule has 0 atom stereocenters. The van der Waals surface area contributed by atoms with E-state index in [0.29, 0.717) is 23.0 Å². The highest BCUT2D eigenvalue weighted by molar-refractivity contribution is 7.89. The fourth-order valence-electron chi connectivity index (χ4n) is 4.10. The fourth-order valence-corrected chi connectivity index (χ4v) is 5.48. The van der Waals surface area contributed by atoms with Crippen LogP contribution in [0.3, 0.4) is 0 Å². The number of carboxylic acids is 1. The molecule has 0 amide bonds. The highest BCUT2D eigenvalue weighted by Crippen LogP contribution is 2.34. The monoisotopic (exact) mass is 431 g/mol. The summed E-state index contributed by atoms with van der Waals surface area (Å²) >= 11 is 0. The SMILES string of the molecule is Cc1c(Cc2ccc3c(c2)N(C)CN(C)S3(=O)=O)c2cc(F)ccc2n1CC(=O)O. The molecule has 9 heteroatoms. The van der Waals surface area contributed by atoms with Gasteiger partial charge < -0.3 is 14.6 Å². The van der Waals surface area contributed by atoms with Gasteiger partial charge in [0, 0.05) is 30.7 Å². The number of hydrogen-bond donors (Lipinski definition) is 1. The van der Waals surface area contributed by atoms with Crippen LogP contribution in [0.4, 0.5) is 10.1 Å².